The fraction of sp³-hybridized carbons (Fsp3) is 0.400. The van der Waals surface area contributed by atoms with Gasteiger partial charge in [0.05, 0.1) is 43.0 Å². The lowest BCUT2D eigenvalue weighted by Crippen LogP contribution is -2.41. The van der Waals surface area contributed by atoms with Gasteiger partial charge in [0.25, 0.3) is 5.91 Å². The summed E-state index contributed by atoms with van der Waals surface area (Å²) in [4.78, 5) is 71.5. The minimum Gasteiger partial charge on any atom is -0.465 e. The Hall–Kier alpha value is -5.92. The highest BCUT2D eigenvalue weighted by Gasteiger charge is 2.34. The number of thiophene rings is 1. The summed E-state index contributed by atoms with van der Waals surface area (Å²) in [5.41, 5.74) is 5.41. The summed E-state index contributed by atoms with van der Waals surface area (Å²) < 4.78 is 12.0. The number of hydrogen-bond acceptors (Lipinski definition) is 10. The Balaban J connectivity index is 1.13. The van der Waals surface area contributed by atoms with E-state index in [1.54, 1.807) is 47.2 Å². The second-order valence-electron chi connectivity index (χ2n) is 17.0. The fourth-order valence-electron chi connectivity index (χ4n) is 8.12. The number of hydrogen-bond donors (Lipinski definition) is 1. The van der Waals surface area contributed by atoms with Crippen LogP contribution in [-0.4, -0.2) is 82.4 Å². The van der Waals surface area contributed by atoms with Crippen LogP contribution in [0.25, 0.3) is 0 Å². The van der Waals surface area contributed by atoms with E-state index in [9.17, 15) is 24.0 Å². The predicted octanol–water partition coefficient (Wildman–Crippen LogP) is 8.75. The molecule has 13 heteroatoms. The Morgan fingerprint density at radius 1 is 0.905 bits per heavy atom. The van der Waals surface area contributed by atoms with Gasteiger partial charge in [-0.15, -0.1) is 11.3 Å². The van der Waals surface area contributed by atoms with Crippen LogP contribution in [0.2, 0.25) is 0 Å². The number of esters is 2. The lowest BCUT2D eigenvalue weighted by molar-refractivity contribution is -0.147. The third-order valence-corrected chi connectivity index (χ3v) is 13.0. The summed E-state index contributed by atoms with van der Waals surface area (Å²) in [7, 11) is 3.10. The topological polar surface area (TPSA) is 140 Å². The van der Waals surface area contributed by atoms with Gasteiger partial charge < -0.3 is 19.7 Å². The smallest absolute Gasteiger partial charge is 0.338 e. The lowest BCUT2D eigenvalue weighted by Gasteiger charge is -2.32. The van der Waals surface area contributed by atoms with Crippen molar-refractivity contribution in [2.24, 2.45) is 5.41 Å². The molecule has 332 valence electrons. The van der Waals surface area contributed by atoms with Crippen molar-refractivity contribution >= 4 is 45.9 Å². The number of likely N-dealkylation sites (N-methyl/N-ethyl adjacent to an activating group) is 1. The van der Waals surface area contributed by atoms with Gasteiger partial charge in [0.15, 0.2) is 5.78 Å². The number of ether oxygens (including phenoxy) is 2. The molecule has 63 heavy (non-hydrogen) atoms. The molecule has 1 aliphatic rings. The van der Waals surface area contributed by atoms with Crippen LogP contribution in [0, 0.1) is 5.41 Å². The number of methoxy groups -OCH3 is 1. The maximum absolute atomic E-state index is 14.4. The van der Waals surface area contributed by atoms with Crippen LogP contribution in [0.3, 0.4) is 0 Å². The van der Waals surface area contributed by atoms with Crippen molar-refractivity contribution in [3.8, 4) is 0 Å². The number of carbonyl (C=O) groups is 5. The number of anilines is 1. The van der Waals surface area contributed by atoms with E-state index in [1.165, 1.54) is 18.4 Å². The number of aromatic nitrogens is 2. The SMILES string of the molecule is CCC(CC)N(CCN(C)C(=O)CCC(=O)OCc1ccccc1)Cc1cccc(C(=O)Nc2sc3c(c2C(=O)c2cnn(Cc4ccccc4C(=O)OC)c2)CCC(C)(C)C3)c1. The zero-order valence-corrected chi connectivity index (χ0v) is 38.1. The first-order valence-corrected chi connectivity index (χ1v) is 22.6. The van der Waals surface area contributed by atoms with Gasteiger partial charge in [0.2, 0.25) is 5.91 Å². The van der Waals surface area contributed by atoms with Crippen LogP contribution in [0.4, 0.5) is 5.00 Å². The third-order valence-electron chi connectivity index (χ3n) is 11.9. The van der Waals surface area contributed by atoms with Crippen molar-refractivity contribution in [1.82, 2.24) is 19.6 Å². The molecular formula is C50H59N5O7S. The van der Waals surface area contributed by atoms with Crippen molar-refractivity contribution in [2.45, 2.75) is 98.4 Å². The molecule has 0 saturated carbocycles. The van der Waals surface area contributed by atoms with E-state index in [-0.39, 0.29) is 55.0 Å². The molecule has 0 unspecified atom stereocenters. The zero-order valence-electron chi connectivity index (χ0n) is 37.3. The molecule has 0 bridgehead atoms. The molecule has 1 N–H and O–H groups in total. The number of rotatable bonds is 20. The van der Waals surface area contributed by atoms with Gasteiger partial charge >= 0.3 is 11.9 Å². The number of benzene rings is 3. The van der Waals surface area contributed by atoms with Crippen molar-refractivity contribution in [1.29, 1.82) is 0 Å². The van der Waals surface area contributed by atoms with E-state index in [0.29, 0.717) is 52.5 Å². The highest BCUT2D eigenvalue weighted by Crippen LogP contribution is 2.44. The predicted molar refractivity (Wildman–Crippen MR) is 245 cm³/mol. The first-order valence-electron chi connectivity index (χ1n) is 21.7. The summed E-state index contributed by atoms with van der Waals surface area (Å²) in [6.45, 7) is 10.9. The quantitative estimate of drug-likeness (QED) is 0.0601. The minimum atomic E-state index is -0.444. The summed E-state index contributed by atoms with van der Waals surface area (Å²) in [6.07, 6.45) is 7.58. The van der Waals surface area contributed by atoms with Crippen molar-refractivity contribution in [3.63, 3.8) is 0 Å². The summed E-state index contributed by atoms with van der Waals surface area (Å²) >= 11 is 1.47. The normalized spacial score (nSPS) is 13.1. The number of carbonyl (C=O) groups excluding carboxylic acids is 5. The highest BCUT2D eigenvalue weighted by atomic mass is 32.1. The Bertz CT molecular complexity index is 2400. The van der Waals surface area contributed by atoms with E-state index < -0.39 is 11.9 Å². The van der Waals surface area contributed by atoms with Gasteiger partial charge in [-0.25, -0.2) is 4.79 Å². The summed E-state index contributed by atoms with van der Waals surface area (Å²) in [6, 6.07) is 24.4. The Labute approximate surface area is 374 Å². The molecule has 0 saturated heterocycles. The van der Waals surface area contributed by atoms with Gasteiger partial charge in [-0.3, -0.25) is 28.8 Å². The maximum atomic E-state index is 14.4. The van der Waals surface area contributed by atoms with Crippen molar-refractivity contribution in [3.05, 3.63) is 141 Å². The largest absolute Gasteiger partial charge is 0.465 e. The maximum Gasteiger partial charge on any atom is 0.338 e. The molecular weight excluding hydrogens is 815 g/mol. The molecule has 2 heterocycles. The molecule has 0 radical (unpaired) electrons. The van der Waals surface area contributed by atoms with Crippen LogP contribution in [0.1, 0.15) is 124 Å². The van der Waals surface area contributed by atoms with Crippen LogP contribution >= 0.6 is 11.3 Å². The molecule has 0 fully saturated rings. The van der Waals surface area contributed by atoms with Crippen molar-refractivity contribution < 1.29 is 33.4 Å². The Morgan fingerprint density at radius 2 is 1.63 bits per heavy atom. The standard InChI is InChI=1S/C50H59N5O7S/c1-7-39(8-2)54(26-25-53(5)43(56)21-22-44(57)62-33-34-15-10-9-11-16-34)30-35-17-14-19-36(27-35)47(59)52-48-45(41-23-24-50(3,4)28-42(41)63-48)46(58)38-29-51-55(32-38)31-37-18-12-13-20-40(37)49(60)61-6/h9-20,27,29,32,39H,7-8,21-26,28,30-31,33H2,1-6H3,(H,52,59). The van der Waals surface area contributed by atoms with E-state index in [1.807, 2.05) is 60.7 Å². The van der Waals surface area contributed by atoms with E-state index >= 15 is 0 Å². The Kier molecular flexibility index (Phi) is 15.9. The number of nitrogens with zero attached hydrogens (tertiary/aromatic N) is 4. The lowest BCUT2D eigenvalue weighted by atomic mass is 9.76. The van der Waals surface area contributed by atoms with Gasteiger partial charge in [0, 0.05) is 55.8 Å². The number of fused-ring (bicyclic) bond motifs is 1. The van der Waals surface area contributed by atoms with Crippen LogP contribution in [0.5, 0.6) is 0 Å². The van der Waals surface area contributed by atoms with E-state index in [4.69, 9.17) is 9.47 Å². The Morgan fingerprint density at radius 3 is 2.38 bits per heavy atom. The average molecular weight is 874 g/mol. The van der Waals surface area contributed by atoms with Gasteiger partial charge in [-0.2, -0.15) is 5.10 Å². The molecule has 0 spiro atoms. The molecule has 5 aromatic rings. The molecule has 0 atom stereocenters. The second-order valence-corrected chi connectivity index (χ2v) is 18.1. The van der Waals surface area contributed by atoms with Gasteiger partial charge in [0.1, 0.15) is 11.6 Å². The highest BCUT2D eigenvalue weighted by molar-refractivity contribution is 7.17. The fourth-order valence-corrected chi connectivity index (χ4v) is 9.62. The molecule has 2 amide bonds. The van der Waals surface area contributed by atoms with Crippen LogP contribution in [-0.2, 0) is 51.6 Å². The van der Waals surface area contributed by atoms with E-state index in [0.717, 1.165) is 53.7 Å². The average Bonchev–Trinajstić information content (AvgIpc) is 3.90. The zero-order chi connectivity index (χ0) is 45.1. The first-order chi connectivity index (χ1) is 30.3. The molecule has 0 aliphatic heterocycles. The molecule has 12 nitrogen and oxygen atoms in total. The van der Waals surface area contributed by atoms with Crippen LogP contribution in [0.15, 0.2) is 91.3 Å². The number of amides is 2. The first kappa shape index (κ1) is 46.6. The van der Waals surface area contributed by atoms with Crippen molar-refractivity contribution in [2.75, 3.05) is 32.6 Å². The molecule has 6 rings (SSSR count). The number of nitrogens with one attached hydrogen (secondary N) is 1. The molecule has 2 aromatic heterocycles. The van der Waals surface area contributed by atoms with Gasteiger partial charge in [-0.1, -0.05) is 88.4 Å². The van der Waals surface area contributed by atoms with E-state index in [2.05, 4.69) is 43.0 Å². The van der Waals surface area contributed by atoms with Crippen LogP contribution < -0.4 is 5.32 Å². The minimum absolute atomic E-state index is 0.0166. The summed E-state index contributed by atoms with van der Waals surface area (Å²) in [5, 5.41) is 8.14. The monoisotopic (exact) mass is 873 g/mol. The summed E-state index contributed by atoms with van der Waals surface area (Å²) in [5.74, 6) is -1.49. The van der Waals surface area contributed by atoms with Gasteiger partial charge in [-0.05, 0) is 78.0 Å². The third kappa shape index (κ3) is 12.2. The second kappa shape index (κ2) is 21.4. The molecule has 3 aromatic carbocycles. The number of ketones is 1. The molecule has 1 aliphatic carbocycles.